The molecular weight excluding hydrogens is 246 g/mol. The second-order valence-electron chi connectivity index (χ2n) is 5.28. The maximum Gasteiger partial charge on any atom is 0.124 e. The summed E-state index contributed by atoms with van der Waals surface area (Å²) in [5, 5.41) is 0. The lowest BCUT2D eigenvalue weighted by Crippen LogP contribution is -2.15. The highest BCUT2D eigenvalue weighted by molar-refractivity contribution is 5.37. The van der Waals surface area contributed by atoms with Crippen LogP contribution in [0.3, 0.4) is 0 Å². The van der Waals surface area contributed by atoms with Gasteiger partial charge in [-0.2, -0.15) is 0 Å². The molecule has 0 heterocycles. The minimum atomic E-state index is -0.0426. The lowest BCUT2D eigenvalue weighted by Gasteiger charge is -2.17. The molecule has 2 aromatic carbocycles. The summed E-state index contributed by atoms with van der Waals surface area (Å²) in [7, 11) is 0. The highest BCUT2D eigenvalue weighted by atomic mass is 16.5. The quantitative estimate of drug-likeness (QED) is 0.892. The number of ether oxygens (including phenoxy) is 1. The molecule has 0 saturated carbocycles. The van der Waals surface area contributed by atoms with Crippen molar-refractivity contribution in [3.63, 3.8) is 0 Å². The number of nitrogens with two attached hydrogens (primary N) is 1. The molecular formula is C18H23NO. The first-order valence-corrected chi connectivity index (χ1v) is 7.14. The average Bonchev–Trinajstić information content (AvgIpc) is 2.38. The molecule has 20 heavy (non-hydrogen) atoms. The topological polar surface area (TPSA) is 35.2 Å². The zero-order valence-electron chi connectivity index (χ0n) is 12.5. The Balaban J connectivity index is 2.21. The van der Waals surface area contributed by atoms with Gasteiger partial charge in [0.15, 0.2) is 0 Å². The Labute approximate surface area is 121 Å². The number of hydrogen-bond acceptors (Lipinski definition) is 2. The van der Waals surface area contributed by atoms with Gasteiger partial charge in [-0.3, -0.25) is 0 Å². The number of hydrogen-bond donors (Lipinski definition) is 1. The van der Waals surface area contributed by atoms with Gasteiger partial charge in [-0.1, -0.05) is 47.5 Å². The molecule has 106 valence electrons. The standard InChI is InChI=1S/C18H23NO/c1-4-20-18-8-6-5-7-16(18)17(19)12-15-10-13(2)9-14(3)11-15/h5-11,17H,4,12,19H2,1-3H3. The molecule has 2 aromatic rings. The summed E-state index contributed by atoms with van der Waals surface area (Å²) in [4.78, 5) is 0. The Hall–Kier alpha value is -1.80. The van der Waals surface area contributed by atoms with E-state index in [0.717, 1.165) is 17.7 Å². The molecule has 0 fully saturated rings. The van der Waals surface area contributed by atoms with E-state index in [0.29, 0.717) is 6.61 Å². The van der Waals surface area contributed by atoms with Crippen LogP contribution in [-0.4, -0.2) is 6.61 Å². The van der Waals surface area contributed by atoms with Gasteiger partial charge in [-0.05, 0) is 38.8 Å². The Morgan fingerprint density at radius 3 is 2.35 bits per heavy atom. The van der Waals surface area contributed by atoms with Crippen LogP contribution in [-0.2, 0) is 6.42 Å². The second kappa shape index (κ2) is 6.58. The summed E-state index contributed by atoms with van der Waals surface area (Å²) < 4.78 is 5.66. The Kier molecular flexibility index (Phi) is 4.80. The molecule has 2 rings (SSSR count). The first-order valence-electron chi connectivity index (χ1n) is 7.14. The van der Waals surface area contributed by atoms with Crippen LogP contribution in [0.2, 0.25) is 0 Å². The van der Waals surface area contributed by atoms with Crippen molar-refractivity contribution in [1.82, 2.24) is 0 Å². The molecule has 1 atom stereocenters. The molecule has 0 saturated heterocycles. The van der Waals surface area contributed by atoms with Gasteiger partial charge in [0.2, 0.25) is 0 Å². The predicted octanol–water partition coefficient (Wildman–Crippen LogP) is 3.94. The van der Waals surface area contributed by atoms with Gasteiger partial charge < -0.3 is 10.5 Å². The van der Waals surface area contributed by atoms with E-state index < -0.39 is 0 Å². The first-order chi connectivity index (χ1) is 9.60. The number of rotatable bonds is 5. The zero-order valence-corrected chi connectivity index (χ0v) is 12.5. The van der Waals surface area contributed by atoms with Gasteiger partial charge in [0.1, 0.15) is 5.75 Å². The van der Waals surface area contributed by atoms with Gasteiger partial charge in [0.25, 0.3) is 0 Å². The molecule has 0 radical (unpaired) electrons. The van der Waals surface area contributed by atoms with Gasteiger partial charge in [0, 0.05) is 11.6 Å². The van der Waals surface area contributed by atoms with E-state index in [2.05, 4.69) is 38.1 Å². The Morgan fingerprint density at radius 1 is 1.05 bits per heavy atom. The maximum atomic E-state index is 6.38. The van der Waals surface area contributed by atoms with E-state index in [9.17, 15) is 0 Å². The third kappa shape index (κ3) is 3.61. The van der Waals surface area contributed by atoms with E-state index in [1.807, 2.05) is 25.1 Å². The average molecular weight is 269 g/mol. The van der Waals surface area contributed by atoms with Gasteiger partial charge in [-0.15, -0.1) is 0 Å². The van der Waals surface area contributed by atoms with Crippen molar-refractivity contribution in [3.8, 4) is 5.75 Å². The molecule has 0 aromatic heterocycles. The van der Waals surface area contributed by atoms with Crippen LogP contribution < -0.4 is 10.5 Å². The van der Waals surface area contributed by atoms with Crippen molar-refractivity contribution < 1.29 is 4.74 Å². The second-order valence-corrected chi connectivity index (χ2v) is 5.28. The zero-order chi connectivity index (χ0) is 14.5. The van der Waals surface area contributed by atoms with Crippen molar-refractivity contribution in [2.45, 2.75) is 33.2 Å². The third-order valence-corrected chi connectivity index (χ3v) is 3.36. The van der Waals surface area contributed by atoms with Crippen molar-refractivity contribution >= 4 is 0 Å². The monoisotopic (exact) mass is 269 g/mol. The van der Waals surface area contributed by atoms with Gasteiger partial charge in [-0.25, -0.2) is 0 Å². The summed E-state index contributed by atoms with van der Waals surface area (Å²) in [6.07, 6.45) is 0.826. The van der Waals surface area contributed by atoms with Crippen molar-refractivity contribution in [2.75, 3.05) is 6.61 Å². The van der Waals surface area contributed by atoms with Crippen molar-refractivity contribution in [3.05, 3.63) is 64.7 Å². The fraction of sp³-hybridized carbons (Fsp3) is 0.333. The van der Waals surface area contributed by atoms with Crippen LogP contribution in [0.1, 0.15) is 35.2 Å². The maximum absolute atomic E-state index is 6.38. The minimum absolute atomic E-state index is 0.0426. The summed E-state index contributed by atoms with van der Waals surface area (Å²) in [6.45, 7) is 6.89. The normalized spacial score (nSPS) is 12.2. The lowest BCUT2D eigenvalue weighted by molar-refractivity contribution is 0.334. The van der Waals surface area contributed by atoms with Crippen molar-refractivity contribution in [1.29, 1.82) is 0 Å². The number of benzene rings is 2. The van der Waals surface area contributed by atoms with E-state index in [-0.39, 0.29) is 6.04 Å². The van der Waals surface area contributed by atoms with Crippen LogP contribution >= 0.6 is 0 Å². The SMILES string of the molecule is CCOc1ccccc1C(N)Cc1cc(C)cc(C)c1. The van der Waals surface area contributed by atoms with E-state index >= 15 is 0 Å². The highest BCUT2D eigenvalue weighted by Gasteiger charge is 2.12. The molecule has 1 unspecified atom stereocenters. The predicted molar refractivity (Wildman–Crippen MR) is 84.2 cm³/mol. The summed E-state index contributed by atoms with van der Waals surface area (Å²) in [5.41, 5.74) is 11.3. The fourth-order valence-corrected chi connectivity index (χ4v) is 2.62. The van der Waals surface area contributed by atoms with E-state index in [4.69, 9.17) is 10.5 Å². The van der Waals surface area contributed by atoms with Crippen LogP contribution in [0.5, 0.6) is 5.75 Å². The molecule has 0 aliphatic rings. The molecule has 0 spiro atoms. The largest absolute Gasteiger partial charge is 0.494 e. The summed E-state index contributed by atoms with van der Waals surface area (Å²) >= 11 is 0. The minimum Gasteiger partial charge on any atom is -0.494 e. The molecule has 0 aliphatic carbocycles. The Bertz CT molecular complexity index is 557. The summed E-state index contributed by atoms with van der Waals surface area (Å²) in [6, 6.07) is 14.6. The fourth-order valence-electron chi connectivity index (χ4n) is 2.62. The van der Waals surface area contributed by atoms with E-state index in [1.165, 1.54) is 16.7 Å². The summed E-state index contributed by atoms with van der Waals surface area (Å²) in [5.74, 6) is 0.895. The van der Waals surface area contributed by atoms with Crippen LogP contribution in [0.15, 0.2) is 42.5 Å². The molecule has 2 N–H and O–H groups in total. The molecule has 0 amide bonds. The van der Waals surface area contributed by atoms with E-state index in [1.54, 1.807) is 0 Å². The smallest absolute Gasteiger partial charge is 0.124 e. The van der Waals surface area contributed by atoms with Crippen LogP contribution in [0.4, 0.5) is 0 Å². The highest BCUT2D eigenvalue weighted by Crippen LogP contribution is 2.26. The molecule has 2 heteroatoms. The molecule has 2 nitrogen and oxygen atoms in total. The molecule has 0 aliphatic heterocycles. The lowest BCUT2D eigenvalue weighted by atomic mass is 9.96. The van der Waals surface area contributed by atoms with Crippen LogP contribution in [0.25, 0.3) is 0 Å². The van der Waals surface area contributed by atoms with Crippen LogP contribution in [0, 0.1) is 13.8 Å². The Morgan fingerprint density at radius 2 is 1.70 bits per heavy atom. The first kappa shape index (κ1) is 14.6. The third-order valence-electron chi connectivity index (χ3n) is 3.36. The number of aryl methyl sites for hydroxylation is 2. The number of para-hydroxylation sites is 1. The molecule has 0 bridgehead atoms. The van der Waals surface area contributed by atoms with Gasteiger partial charge in [0.05, 0.1) is 6.61 Å². The van der Waals surface area contributed by atoms with Crippen molar-refractivity contribution in [2.24, 2.45) is 5.73 Å². The van der Waals surface area contributed by atoms with Gasteiger partial charge >= 0.3 is 0 Å².